The van der Waals surface area contributed by atoms with Gasteiger partial charge in [-0.3, -0.25) is 13.9 Å². The summed E-state index contributed by atoms with van der Waals surface area (Å²) in [6.07, 6.45) is 0.702. The van der Waals surface area contributed by atoms with Crippen molar-refractivity contribution in [3.05, 3.63) is 94.8 Å². The average molecular weight is 574 g/mol. The third-order valence-electron chi connectivity index (χ3n) is 6.47. The second-order valence-electron chi connectivity index (χ2n) is 9.41. The first-order valence-corrected chi connectivity index (χ1v) is 14.4. The molecule has 0 radical (unpaired) electrons. The molecule has 0 saturated heterocycles. The molecule has 3 aromatic rings. The van der Waals surface area contributed by atoms with E-state index in [0.717, 1.165) is 34.1 Å². The molecule has 0 bridgehead atoms. The van der Waals surface area contributed by atoms with E-state index in [4.69, 9.17) is 11.6 Å². The van der Waals surface area contributed by atoms with Crippen LogP contribution in [0.1, 0.15) is 38.3 Å². The molecule has 2 atom stereocenters. The van der Waals surface area contributed by atoms with E-state index in [1.807, 2.05) is 20.8 Å². The smallest absolute Gasteiger partial charge is 0.264 e. The summed E-state index contributed by atoms with van der Waals surface area (Å²) >= 11 is 6.37. The molecule has 7 nitrogen and oxygen atoms in total. The first kappa shape index (κ1) is 30.1. The number of rotatable bonds is 11. The van der Waals surface area contributed by atoms with E-state index in [9.17, 15) is 22.4 Å². The molecular weight excluding hydrogens is 541 g/mol. The van der Waals surface area contributed by atoms with Gasteiger partial charge in [-0.25, -0.2) is 12.8 Å². The van der Waals surface area contributed by atoms with Gasteiger partial charge < -0.3 is 10.2 Å². The van der Waals surface area contributed by atoms with E-state index >= 15 is 0 Å². The lowest BCUT2D eigenvalue weighted by Gasteiger charge is -2.32. The number of hydrogen-bond donors (Lipinski definition) is 1. The van der Waals surface area contributed by atoms with Crippen LogP contribution in [0, 0.1) is 12.7 Å². The van der Waals surface area contributed by atoms with Gasteiger partial charge in [-0.15, -0.1) is 0 Å². The van der Waals surface area contributed by atoms with Crippen molar-refractivity contribution >= 4 is 39.1 Å². The zero-order chi connectivity index (χ0) is 28.7. The lowest BCUT2D eigenvalue weighted by Crippen LogP contribution is -2.52. The van der Waals surface area contributed by atoms with Gasteiger partial charge in [0.1, 0.15) is 18.4 Å². The van der Waals surface area contributed by atoms with Crippen LogP contribution in [0.2, 0.25) is 5.02 Å². The molecule has 0 aliphatic carbocycles. The van der Waals surface area contributed by atoms with Gasteiger partial charge in [0, 0.05) is 17.6 Å². The van der Waals surface area contributed by atoms with Gasteiger partial charge in [0.15, 0.2) is 0 Å². The Balaban J connectivity index is 2.03. The molecule has 208 valence electrons. The molecule has 0 heterocycles. The standard InChI is InChI=1S/C29H33ClFN3O4S/c1-5-21(3)32-29(36)22(4)33(18-23-8-6-7-9-27(23)30)28(35)19-34(25-14-10-20(2)11-15-25)39(37,38)26-16-12-24(31)13-17-26/h6-17,21-22H,5,18-19H2,1-4H3,(H,32,36)/t21-,22-/m1/s1. The number of halogens is 2. The minimum atomic E-state index is -4.27. The minimum absolute atomic E-state index is 0.00800. The zero-order valence-electron chi connectivity index (χ0n) is 22.4. The third kappa shape index (κ3) is 7.58. The topological polar surface area (TPSA) is 86.8 Å². The van der Waals surface area contributed by atoms with Gasteiger partial charge in [0.2, 0.25) is 11.8 Å². The van der Waals surface area contributed by atoms with Gasteiger partial charge in [-0.05, 0) is 75.2 Å². The molecule has 0 spiro atoms. The number of nitrogens with one attached hydrogen (secondary N) is 1. The number of nitrogens with zero attached hydrogens (tertiary/aromatic N) is 2. The Morgan fingerprint density at radius 1 is 0.974 bits per heavy atom. The fraction of sp³-hybridized carbons (Fsp3) is 0.310. The number of hydrogen-bond acceptors (Lipinski definition) is 4. The molecule has 39 heavy (non-hydrogen) atoms. The van der Waals surface area contributed by atoms with E-state index in [2.05, 4.69) is 5.32 Å². The second-order valence-corrected chi connectivity index (χ2v) is 11.7. The summed E-state index contributed by atoms with van der Waals surface area (Å²) < 4.78 is 42.0. The largest absolute Gasteiger partial charge is 0.352 e. The predicted molar refractivity (Wildman–Crippen MR) is 151 cm³/mol. The molecule has 0 unspecified atom stereocenters. The molecule has 0 aliphatic rings. The Labute approximate surface area is 234 Å². The second kappa shape index (κ2) is 13.1. The molecule has 10 heteroatoms. The Bertz CT molecular complexity index is 1400. The molecule has 3 rings (SSSR count). The quantitative estimate of drug-likeness (QED) is 0.337. The first-order chi connectivity index (χ1) is 18.4. The fourth-order valence-corrected chi connectivity index (χ4v) is 5.44. The van der Waals surface area contributed by atoms with Gasteiger partial charge in [0.25, 0.3) is 10.0 Å². The molecule has 1 N–H and O–H groups in total. The number of carbonyl (C=O) groups is 2. The van der Waals surface area contributed by atoms with Crippen molar-refractivity contribution in [2.24, 2.45) is 0 Å². The minimum Gasteiger partial charge on any atom is -0.352 e. The molecule has 0 aromatic heterocycles. The number of benzene rings is 3. The lowest BCUT2D eigenvalue weighted by atomic mass is 10.1. The molecular formula is C29H33ClFN3O4S. The summed E-state index contributed by atoms with van der Waals surface area (Å²) in [4.78, 5) is 28.1. The molecule has 0 fully saturated rings. The van der Waals surface area contributed by atoms with Crippen LogP contribution in [0.3, 0.4) is 0 Å². The van der Waals surface area contributed by atoms with Gasteiger partial charge >= 0.3 is 0 Å². The maximum Gasteiger partial charge on any atom is 0.264 e. The van der Waals surface area contributed by atoms with E-state index in [-0.39, 0.29) is 29.1 Å². The summed E-state index contributed by atoms with van der Waals surface area (Å²) in [5.74, 6) is -1.56. The Morgan fingerprint density at radius 3 is 2.18 bits per heavy atom. The Kier molecular flexibility index (Phi) is 10.1. The zero-order valence-corrected chi connectivity index (χ0v) is 24.0. The van der Waals surface area contributed by atoms with E-state index in [1.54, 1.807) is 55.5 Å². The summed E-state index contributed by atoms with van der Waals surface area (Å²) in [5.41, 5.74) is 1.77. The summed E-state index contributed by atoms with van der Waals surface area (Å²) in [5, 5.41) is 3.30. The fourth-order valence-electron chi connectivity index (χ4n) is 3.83. The highest BCUT2D eigenvalue weighted by atomic mass is 35.5. The van der Waals surface area contributed by atoms with Crippen LogP contribution in [-0.4, -0.2) is 43.8 Å². The monoisotopic (exact) mass is 573 g/mol. The lowest BCUT2D eigenvalue weighted by molar-refractivity contribution is -0.139. The predicted octanol–water partition coefficient (Wildman–Crippen LogP) is 5.31. The van der Waals surface area contributed by atoms with Crippen LogP contribution in [-0.2, 0) is 26.2 Å². The highest BCUT2D eigenvalue weighted by Gasteiger charge is 2.33. The number of anilines is 1. The van der Waals surface area contributed by atoms with Crippen LogP contribution in [0.15, 0.2) is 77.7 Å². The van der Waals surface area contributed by atoms with E-state index in [1.165, 1.54) is 4.90 Å². The number of sulfonamides is 1. The number of amides is 2. The number of aryl methyl sites for hydroxylation is 1. The van der Waals surface area contributed by atoms with Crippen molar-refractivity contribution in [3.8, 4) is 0 Å². The summed E-state index contributed by atoms with van der Waals surface area (Å²) in [6.45, 7) is 6.65. The highest BCUT2D eigenvalue weighted by Crippen LogP contribution is 2.26. The molecule has 3 aromatic carbocycles. The van der Waals surface area contributed by atoms with Crippen molar-refractivity contribution in [1.82, 2.24) is 10.2 Å². The average Bonchev–Trinajstić information content (AvgIpc) is 2.91. The van der Waals surface area contributed by atoms with Crippen LogP contribution >= 0.6 is 11.6 Å². The van der Waals surface area contributed by atoms with E-state index in [0.29, 0.717) is 17.0 Å². The summed E-state index contributed by atoms with van der Waals surface area (Å²) in [6, 6.07) is 17.0. The van der Waals surface area contributed by atoms with Crippen LogP contribution in [0.5, 0.6) is 0 Å². The van der Waals surface area contributed by atoms with E-state index < -0.39 is 34.3 Å². The molecule has 0 saturated carbocycles. The first-order valence-electron chi connectivity index (χ1n) is 12.6. The van der Waals surface area contributed by atoms with Crippen LogP contribution in [0.25, 0.3) is 0 Å². The van der Waals surface area contributed by atoms with Crippen molar-refractivity contribution in [1.29, 1.82) is 0 Å². The van der Waals surface area contributed by atoms with Crippen molar-refractivity contribution in [2.75, 3.05) is 10.8 Å². The van der Waals surface area contributed by atoms with Crippen LogP contribution < -0.4 is 9.62 Å². The SMILES string of the molecule is CC[C@@H](C)NC(=O)[C@@H](C)N(Cc1ccccc1Cl)C(=O)CN(c1ccc(C)cc1)S(=O)(=O)c1ccc(F)cc1. The highest BCUT2D eigenvalue weighted by molar-refractivity contribution is 7.92. The third-order valence-corrected chi connectivity index (χ3v) is 8.63. The Morgan fingerprint density at radius 2 is 1.59 bits per heavy atom. The van der Waals surface area contributed by atoms with Crippen molar-refractivity contribution in [3.63, 3.8) is 0 Å². The molecule has 2 amide bonds. The van der Waals surface area contributed by atoms with Gasteiger partial charge in [-0.1, -0.05) is 54.4 Å². The number of carbonyl (C=O) groups excluding carboxylic acids is 2. The summed E-state index contributed by atoms with van der Waals surface area (Å²) in [7, 11) is -4.27. The van der Waals surface area contributed by atoms with Gasteiger partial charge in [0.05, 0.1) is 10.6 Å². The normalized spacial score (nSPS) is 12.9. The maximum absolute atomic E-state index is 13.9. The Hall–Kier alpha value is -3.43. The van der Waals surface area contributed by atoms with Crippen molar-refractivity contribution in [2.45, 2.75) is 57.6 Å². The maximum atomic E-state index is 13.9. The van der Waals surface area contributed by atoms with Gasteiger partial charge in [-0.2, -0.15) is 0 Å². The van der Waals surface area contributed by atoms with Crippen LogP contribution in [0.4, 0.5) is 10.1 Å². The van der Waals surface area contributed by atoms with Crippen molar-refractivity contribution < 1.29 is 22.4 Å². The molecule has 0 aliphatic heterocycles.